The summed E-state index contributed by atoms with van der Waals surface area (Å²) in [6, 6.07) is 17.8. The van der Waals surface area contributed by atoms with Crippen molar-refractivity contribution >= 4 is 17.9 Å². The number of aliphatic hydroxyl groups is 1. The van der Waals surface area contributed by atoms with Crippen LogP contribution in [0, 0.1) is 11.8 Å². The molecule has 0 spiro atoms. The van der Waals surface area contributed by atoms with Crippen LogP contribution in [0.3, 0.4) is 0 Å². The molecule has 5 N–H and O–H groups in total. The summed E-state index contributed by atoms with van der Waals surface area (Å²) < 4.78 is 10.7. The third-order valence-electron chi connectivity index (χ3n) is 7.66. The maximum absolute atomic E-state index is 12.7. The van der Waals surface area contributed by atoms with Crippen molar-refractivity contribution in [1.29, 1.82) is 0 Å². The fourth-order valence-electron chi connectivity index (χ4n) is 4.90. The van der Waals surface area contributed by atoms with Crippen LogP contribution in [0.1, 0.15) is 90.2 Å². The van der Waals surface area contributed by atoms with Gasteiger partial charge in [-0.2, -0.15) is 0 Å². The summed E-state index contributed by atoms with van der Waals surface area (Å²) in [6.07, 6.45) is 6.49. The predicted octanol–water partition coefficient (Wildman–Crippen LogP) is 5.40. The number of ether oxygens (including phenoxy) is 2. The van der Waals surface area contributed by atoms with Gasteiger partial charge in [0.15, 0.2) is 0 Å². The zero-order chi connectivity index (χ0) is 33.6. The van der Waals surface area contributed by atoms with Gasteiger partial charge in [-0.15, -0.1) is 0 Å². The van der Waals surface area contributed by atoms with Crippen molar-refractivity contribution in [2.24, 2.45) is 11.8 Å². The van der Waals surface area contributed by atoms with Crippen LogP contribution in [0.4, 0.5) is 4.79 Å². The molecule has 3 amide bonds. The van der Waals surface area contributed by atoms with Crippen LogP contribution in [-0.2, 0) is 32.3 Å². The molecule has 10 heteroatoms. The van der Waals surface area contributed by atoms with Gasteiger partial charge in [-0.05, 0) is 35.8 Å². The molecular weight excluding hydrogens is 584 g/mol. The van der Waals surface area contributed by atoms with Crippen molar-refractivity contribution in [2.45, 2.75) is 111 Å². The molecular formula is C36H56N4O6. The van der Waals surface area contributed by atoms with Gasteiger partial charge in [0.05, 0.1) is 12.6 Å². The van der Waals surface area contributed by atoms with E-state index in [1.165, 1.54) is 0 Å². The van der Waals surface area contributed by atoms with E-state index >= 15 is 0 Å². The highest BCUT2D eigenvalue weighted by Crippen LogP contribution is 2.10. The minimum atomic E-state index is -1.23. The summed E-state index contributed by atoms with van der Waals surface area (Å²) in [6.45, 7) is 9.24. The minimum absolute atomic E-state index is 0.00874. The molecule has 0 radical (unpaired) electrons. The Morgan fingerprint density at radius 2 is 1.07 bits per heavy atom. The summed E-state index contributed by atoms with van der Waals surface area (Å²) in [5, 5.41) is 21.7. The average molecular weight is 641 g/mol. The maximum Gasteiger partial charge on any atom is 0.408 e. The molecule has 0 saturated carbocycles. The molecule has 0 fully saturated rings. The first kappa shape index (κ1) is 38.7. The number of unbranched alkanes of at least 4 members (excludes halogenated alkanes) is 7. The highest BCUT2D eigenvalue weighted by Gasteiger charge is 2.25. The number of aliphatic hydroxyl groups excluding tert-OH is 1. The highest BCUT2D eigenvalue weighted by atomic mass is 16.6. The molecule has 0 heterocycles. The third kappa shape index (κ3) is 16.7. The second-order valence-corrected chi connectivity index (χ2v) is 12.4. The van der Waals surface area contributed by atoms with Gasteiger partial charge in [0, 0.05) is 13.1 Å². The lowest BCUT2D eigenvalue weighted by Gasteiger charge is -2.25. The van der Waals surface area contributed by atoms with Crippen molar-refractivity contribution < 1.29 is 29.0 Å². The van der Waals surface area contributed by atoms with E-state index in [1.807, 2.05) is 88.4 Å². The molecule has 2 rings (SSSR count). The topological polar surface area (TPSA) is 138 Å². The molecule has 0 saturated heterocycles. The Morgan fingerprint density at radius 1 is 0.630 bits per heavy atom. The number of carbonyl (C=O) groups is 3. The van der Waals surface area contributed by atoms with Gasteiger partial charge in [-0.25, -0.2) is 4.79 Å². The number of hydrogen-bond donors (Lipinski definition) is 5. The Hall–Kier alpha value is -3.47. The smallest absolute Gasteiger partial charge is 0.408 e. The zero-order valence-electron chi connectivity index (χ0n) is 28.1. The number of alkyl carbamates (subject to hydrolysis) is 1. The normalized spacial score (nSPS) is 13.2. The van der Waals surface area contributed by atoms with E-state index in [-0.39, 0.29) is 36.9 Å². The Morgan fingerprint density at radius 3 is 1.54 bits per heavy atom. The van der Waals surface area contributed by atoms with Crippen LogP contribution in [0.2, 0.25) is 0 Å². The summed E-state index contributed by atoms with van der Waals surface area (Å²) in [7, 11) is 0. The first-order chi connectivity index (χ1) is 22.2. The molecule has 0 aliphatic heterocycles. The SMILES string of the molecule is CC(C)[C@H](NC(=O)OCc1ccccc1)C(=O)NCCCCCCCCCCNC(=O)[C@@H](NC(O)OCc1ccccc1)C(C)C. The lowest BCUT2D eigenvalue weighted by atomic mass is 10.0. The Bertz CT molecular complexity index is 1120. The molecule has 46 heavy (non-hydrogen) atoms. The van der Waals surface area contributed by atoms with E-state index in [2.05, 4.69) is 21.3 Å². The van der Waals surface area contributed by atoms with E-state index < -0.39 is 24.6 Å². The predicted molar refractivity (Wildman–Crippen MR) is 180 cm³/mol. The summed E-state index contributed by atoms with van der Waals surface area (Å²) >= 11 is 0. The van der Waals surface area contributed by atoms with Crippen LogP contribution in [-0.4, -0.2) is 54.6 Å². The quantitative estimate of drug-likeness (QED) is 0.0811. The molecule has 0 aliphatic rings. The molecule has 10 nitrogen and oxygen atoms in total. The Kier molecular flexibility index (Phi) is 19.3. The molecule has 2 aromatic rings. The summed E-state index contributed by atoms with van der Waals surface area (Å²) in [5.41, 5.74) is 1.84. The van der Waals surface area contributed by atoms with E-state index in [4.69, 9.17) is 9.47 Å². The first-order valence-electron chi connectivity index (χ1n) is 16.8. The van der Waals surface area contributed by atoms with E-state index in [0.717, 1.165) is 62.5 Å². The number of hydrogen-bond acceptors (Lipinski definition) is 7. The first-order valence-corrected chi connectivity index (χ1v) is 16.8. The van der Waals surface area contributed by atoms with Crippen molar-refractivity contribution in [2.75, 3.05) is 13.1 Å². The van der Waals surface area contributed by atoms with Crippen LogP contribution in [0.5, 0.6) is 0 Å². The van der Waals surface area contributed by atoms with E-state index in [1.54, 1.807) is 0 Å². The van der Waals surface area contributed by atoms with Gasteiger partial charge in [0.1, 0.15) is 12.6 Å². The summed E-state index contributed by atoms with van der Waals surface area (Å²) in [4.78, 5) is 37.6. The van der Waals surface area contributed by atoms with Crippen LogP contribution < -0.4 is 21.3 Å². The Balaban J connectivity index is 1.48. The molecule has 0 bridgehead atoms. The number of rotatable bonds is 23. The lowest BCUT2D eigenvalue weighted by molar-refractivity contribution is -0.147. The van der Waals surface area contributed by atoms with Gasteiger partial charge in [-0.1, -0.05) is 127 Å². The van der Waals surface area contributed by atoms with Crippen molar-refractivity contribution in [3.8, 4) is 0 Å². The average Bonchev–Trinajstić information content (AvgIpc) is 3.05. The zero-order valence-corrected chi connectivity index (χ0v) is 28.1. The fourth-order valence-corrected chi connectivity index (χ4v) is 4.90. The number of amides is 3. The number of nitrogens with one attached hydrogen (secondary N) is 4. The van der Waals surface area contributed by atoms with Crippen molar-refractivity contribution in [3.05, 3.63) is 71.8 Å². The van der Waals surface area contributed by atoms with Crippen LogP contribution >= 0.6 is 0 Å². The maximum atomic E-state index is 12.7. The number of benzene rings is 2. The highest BCUT2D eigenvalue weighted by molar-refractivity contribution is 5.85. The second kappa shape index (κ2) is 22.9. The summed E-state index contributed by atoms with van der Waals surface area (Å²) in [5.74, 6) is -0.404. The second-order valence-electron chi connectivity index (χ2n) is 12.4. The number of carbonyl (C=O) groups excluding carboxylic acids is 3. The Labute approximate surface area is 275 Å². The minimum Gasteiger partial charge on any atom is -0.445 e. The third-order valence-corrected chi connectivity index (χ3v) is 7.66. The standard InChI is InChI=1S/C36H56N4O6/c1-27(2)31(39-35(43)45-25-29-19-13-11-14-20-29)33(41)37-23-17-9-7-5-6-8-10-18-24-38-34(42)32(28(3)4)40-36(44)46-26-30-21-15-12-16-22-30/h11-16,19-22,27-28,31-32,35,39,43H,5-10,17-18,23-26H2,1-4H3,(H,37,41)(H,38,42)(H,40,44)/t31-,32-,35?/m0/s1. The van der Waals surface area contributed by atoms with Crippen LogP contribution in [0.25, 0.3) is 0 Å². The molecule has 3 atom stereocenters. The van der Waals surface area contributed by atoms with Gasteiger partial charge < -0.3 is 30.5 Å². The van der Waals surface area contributed by atoms with Crippen molar-refractivity contribution in [3.63, 3.8) is 0 Å². The van der Waals surface area contributed by atoms with Crippen LogP contribution in [0.15, 0.2) is 60.7 Å². The largest absolute Gasteiger partial charge is 0.445 e. The fraction of sp³-hybridized carbons (Fsp3) is 0.583. The molecule has 256 valence electrons. The van der Waals surface area contributed by atoms with E-state index in [0.29, 0.717) is 13.1 Å². The van der Waals surface area contributed by atoms with Gasteiger partial charge in [-0.3, -0.25) is 14.9 Å². The van der Waals surface area contributed by atoms with Gasteiger partial charge in [0.25, 0.3) is 0 Å². The molecule has 2 aromatic carbocycles. The molecule has 0 aliphatic carbocycles. The van der Waals surface area contributed by atoms with Crippen molar-refractivity contribution in [1.82, 2.24) is 21.3 Å². The van der Waals surface area contributed by atoms with Gasteiger partial charge >= 0.3 is 6.09 Å². The molecule has 0 aromatic heterocycles. The molecule has 1 unspecified atom stereocenters. The van der Waals surface area contributed by atoms with Gasteiger partial charge in [0.2, 0.25) is 18.2 Å². The lowest BCUT2D eigenvalue weighted by Crippen LogP contribution is -2.52. The van der Waals surface area contributed by atoms with E-state index in [9.17, 15) is 19.5 Å². The monoisotopic (exact) mass is 640 g/mol.